The Hall–Kier alpha value is -2.15. The third-order valence-corrected chi connectivity index (χ3v) is 5.54. The molecule has 1 aliphatic heterocycles. The molecule has 146 valence electrons. The normalized spacial score (nSPS) is 17.3. The predicted molar refractivity (Wildman–Crippen MR) is 107 cm³/mol. The van der Waals surface area contributed by atoms with Crippen molar-refractivity contribution < 1.29 is 14.3 Å². The first kappa shape index (κ1) is 19.6. The first-order valence-corrected chi connectivity index (χ1v) is 10.3. The minimum absolute atomic E-state index is 0.0775. The van der Waals surface area contributed by atoms with E-state index in [9.17, 15) is 9.59 Å². The van der Waals surface area contributed by atoms with Crippen molar-refractivity contribution in [2.45, 2.75) is 58.1 Å². The molecule has 1 saturated heterocycles. The van der Waals surface area contributed by atoms with Crippen molar-refractivity contribution in [1.82, 2.24) is 15.2 Å². The van der Waals surface area contributed by atoms with E-state index in [2.05, 4.69) is 11.4 Å². The Kier molecular flexibility index (Phi) is 5.99. The average molecular weight is 390 g/mol. The number of aromatic nitrogens is 1. The SMILES string of the molecule is CC(C)(C)OC(=O)NCCCC(=O)N1CCCC1c1nc2ccccc2s1. The number of fused-ring (bicyclic) bond motifs is 1. The molecule has 1 aromatic carbocycles. The van der Waals surface area contributed by atoms with E-state index >= 15 is 0 Å². The standard InChI is InChI=1S/C20H27N3O3S/c1-20(2,3)26-19(25)21-12-6-11-17(24)23-13-7-9-15(23)18-22-14-8-4-5-10-16(14)27-18/h4-5,8,10,15H,6-7,9,11-13H2,1-3H3,(H,21,25). The summed E-state index contributed by atoms with van der Waals surface area (Å²) in [5.74, 6) is 0.128. The highest BCUT2D eigenvalue weighted by atomic mass is 32.1. The zero-order valence-electron chi connectivity index (χ0n) is 16.2. The monoisotopic (exact) mass is 389 g/mol. The Morgan fingerprint density at radius 1 is 1.33 bits per heavy atom. The highest BCUT2D eigenvalue weighted by Crippen LogP contribution is 2.36. The summed E-state index contributed by atoms with van der Waals surface area (Å²) in [5, 5.41) is 3.73. The number of likely N-dealkylation sites (tertiary alicyclic amines) is 1. The number of nitrogens with zero attached hydrogens (tertiary/aromatic N) is 2. The molecule has 2 amide bonds. The van der Waals surface area contributed by atoms with Gasteiger partial charge in [-0.2, -0.15) is 0 Å². The number of alkyl carbamates (subject to hydrolysis) is 1. The molecule has 0 aliphatic carbocycles. The van der Waals surface area contributed by atoms with Crippen molar-refractivity contribution in [3.8, 4) is 0 Å². The van der Waals surface area contributed by atoms with E-state index in [1.807, 2.05) is 43.9 Å². The second-order valence-electron chi connectivity index (χ2n) is 7.80. The van der Waals surface area contributed by atoms with Crippen molar-refractivity contribution in [1.29, 1.82) is 0 Å². The van der Waals surface area contributed by atoms with Gasteiger partial charge in [0.15, 0.2) is 0 Å². The van der Waals surface area contributed by atoms with Crippen molar-refractivity contribution in [3.63, 3.8) is 0 Å². The number of amides is 2. The summed E-state index contributed by atoms with van der Waals surface area (Å²) in [6.07, 6.45) is 2.53. The van der Waals surface area contributed by atoms with Gasteiger partial charge >= 0.3 is 6.09 Å². The average Bonchev–Trinajstić information content (AvgIpc) is 3.22. The Labute approximate surface area is 163 Å². The lowest BCUT2D eigenvalue weighted by Crippen LogP contribution is -2.34. The van der Waals surface area contributed by atoms with Crippen LogP contribution in [0.5, 0.6) is 0 Å². The Bertz CT molecular complexity index is 779. The van der Waals surface area contributed by atoms with Crippen LogP contribution in [0.1, 0.15) is 57.5 Å². The van der Waals surface area contributed by atoms with Gasteiger partial charge in [0.2, 0.25) is 5.91 Å². The fourth-order valence-electron chi connectivity index (χ4n) is 3.24. The molecule has 0 bridgehead atoms. The van der Waals surface area contributed by atoms with Crippen LogP contribution in [0.15, 0.2) is 24.3 Å². The molecular weight excluding hydrogens is 362 g/mol. The van der Waals surface area contributed by atoms with Crippen molar-refractivity contribution in [3.05, 3.63) is 29.3 Å². The maximum atomic E-state index is 12.7. The molecule has 6 nitrogen and oxygen atoms in total. The number of carbonyl (C=O) groups excluding carboxylic acids is 2. The summed E-state index contributed by atoms with van der Waals surface area (Å²) >= 11 is 1.67. The van der Waals surface area contributed by atoms with Gasteiger partial charge in [-0.15, -0.1) is 11.3 Å². The predicted octanol–water partition coefficient (Wildman–Crippen LogP) is 4.26. The molecule has 1 aromatic heterocycles. The van der Waals surface area contributed by atoms with Crippen LogP contribution in [0.3, 0.4) is 0 Å². The van der Waals surface area contributed by atoms with Crippen LogP contribution in [0.25, 0.3) is 10.2 Å². The summed E-state index contributed by atoms with van der Waals surface area (Å²) in [7, 11) is 0. The number of thiazole rings is 1. The molecule has 1 aliphatic rings. The summed E-state index contributed by atoms with van der Waals surface area (Å²) < 4.78 is 6.36. The number of carbonyl (C=O) groups is 2. The van der Waals surface area contributed by atoms with E-state index in [4.69, 9.17) is 9.72 Å². The van der Waals surface area contributed by atoms with Crippen LogP contribution in [0.4, 0.5) is 4.79 Å². The fraction of sp³-hybridized carbons (Fsp3) is 0.550. The first-order chi connectivity index (χ1) is 12.8. The van der Waals surface area contributed by atoms with Gasteiger partial charge < -0.3 is 15.0 Å². The molecular formula is C20H27N3O3S. The van der Waals surface area contributed by atoms with Gasteiger partial charge in [0.1, 0.15) is 10.6 Å². The lowest BCUT2D eigenvalue weighted by molar-refractivity contribution is -0.132. The smallest absolute Gasteiger partial charge is 0.407 e. The molecule has 7 heteroatoms. The quantitative estimate of drug-likeness (QED) is 0.776. The fourth-order valence-corrected chi connectivity index (χ4v) is 4.36. The van der Waals surface area contributed by atoms with Gasteiger partial charge in [-0.3, -0.25) is 4.79 Å². The van der Waals surface area contributed by atoms with Gasteiger partial charge in [0.05, 0.1) is 16.3 Å². The highest BCUT2D eigenvalue weighted by Gasteiger charge is 2.31. The van der Waals surface area contributed by atoms with Gasteiger partial charge in [0.25, 0.3) is 0 Å². The maximum Gasteiger partial charge on any atom is 0.407 e. The van der Waals surface area contributed by atoms with Crippen LogP contribution in [-0.2, 0) is 9.53 Å². The van der Waals surface area contributed by atoms with E-state index in [0.29, 0.717) is 19.4 Å². The van der Waals surface area contributed by atoms with Crippen LogP contribution < -0.4 is 5.32 Å². The Balaban J connectivity index is 1.51. The maximum absolute atomic E-state index is 12.7. The minimum atomic E-state index is -0.514. The second-order valence-corrected chi connectivity index (χ2v) is 8.86. The zero-order valence-corrected chi connectivity index (χ0v) is 17.0. The third kappa shape index (κ3) is 5.19. The Morgan fingerprint density at radius 2 is 2.11 bits per heavy atom. The van der Waals surface area contributed by atoms with E-state index in [0.717, 1.165) is 34.6 Å². The second kappa shape index (κ2) is 8.25. The molecule has 27 heavy (non-hydrogen) atoms. The number of rotatable bonds is 5. The molecule has 0 spiro atoms. The lowest BCUT2D eigenvalue weighted by atomic mass is 10.2. The third-order valence-electron chi connectivity index (χ3n) is 4.40. The van der Waals surface area contributed by atoms with E-state index in [1.54, 1.807) is 11.3 Å². The van der Waals surface area contributed by atoms with E-state index in [1.165, 1.54) is 0 Å². The molecule has 1 fully saturated rings. The van der Waals surface area contributed by atoms with Gasteiger partial charge in [-0.05, 0) is 52.2 Å². The highest BCUT2D eigenvalue weighted by molar-refractivity contribution is 7.18. The van der Waals surface area contributed by atoms with Crippen molar-refractivity contribution >= 4 is 33.6 Å². The molecule has 1 atom stereocenters. The minimum Gasteiger partial charge on any atom is -0.444 e. The van der Waals surface area contributed by atoms with E-state index in [-0.39, 0.29) is 11.9 Å². The topological polar surface area (TPSA) is 71.5 Å². The number of hydrogen-bond acceptors (Lipinski definition) is 5. The van der Waals surface area contributed by atoms with Crippen molar-refractivity contribution in [2.24, 2.45) is 0 Å². The molecule has 1 unspecified atom stereocenters. The van der Waals surface area contributed by atoms with Crippen LogP contribution in [0, 0.1) is 0 Å². The number of para-hydroxylation sites is 1. The first-order valence-electron chi connectivity index (χ1n) is 9.45. The van der Waals surface area contributed by atoms with E-state index < -0.39 is 11.7 Å². The number of ether oxygens (including phenoxy) is 1. The molecule has 2 aromatic rings. The molecule has 2 heterocycles. The zero-order chi connectivity index (χ0) is 19.4. The number of nitrogens with one attached hydrogen (secondary N) is 1. The molecule has 1 N–H and O–H groups in total. The summed E-state index contributed by atoms with van der Waals surface area (Å²) in [6.45, 7) is 6.68. The molecule has 0 radical (unpaired) electrons. The largest absolute Gasteiger partial charge is 0.444 e. The molecule has 3 rings (SSSR count). The lowest BCUT2D eigenvalue weighted by Gasteiger charge is -2.23. The summed E-state index contributed by atoms with van der Waals surface area (Å²) in [4.78, 5) is 31.0. The summed E-state index contributed by atoms with van der Waals surface area (Å²) in [5.41, 5.74) is 0.485. The number of hydrogen-bond donors (Lipinski definition) is 1. The van der Waals surface area contributed by atoms with Crippen LogP contribution >= 0.6 is 11.3 Å². The van der Waals surface area contributed by atoms with Gasteiger partial charge in [-0.25, -0.2) is 9.78 Å². The molecule has 0 saturated carbocycles. The van der Waals surface area contributed by atoms with Crippen LogP contribution in [0.2, 0.25) is 0 Å². The van der Waals surface area contributed by atoms with Crippen molar-refractivity contribution in [2.75, 3.05) is 13.1 Å². The van der Waals surface area contributed by atoms with Gasteiger partial charge in [-0.1, -0.05) is 12.1 Å². The summed E-state index contributed by atoms with van der Waals surface area (Å²) in [6, 6.07) is 8.16. The number of benzene rings is 1. The van der Waals surface area contributed by atoms with Gasteiger partial charge in [0, 0.05) is 19.5 Å². The Morgan fingerprint density at radius 3 is 2.85 bits per heavy atom. The van der Waals surface area contributed by atoms with Crippen LogP contribution in [-0.4, -0.2) is 40.6 Å².